The molecule has 0 spiro atoms. The van der Waals surface area contributed by atoms with Crippen molar-refractivity contribution in [2.75, 3.05) is 27.5 Å². The second-order valence-electron chi connectivity index (χ2n) is 8.16. The van der Waals surface area contributed by atoms with Crippen LogP contribution in [-0.4, -0.2) is 42.2 Å². The summed E-state index contributed by atoms with van der Waals surface area (Å²) in [6, 6.07) is 9.03. The van der Waals surface area contributed by atoms with Crippen LogP contribution in [0.2, 0.25) is 0 Å². The van der Waals surface area contributed by atoms with Crippen LogP contribution in [0.15, 0.2) is 35.1 Å². The Kier molecular flexibility index (Phi) is 4.94. The van der Waals surface area contributed by atoms with Crippen LogP contribution >= 0.6 is 12.2 Å². The normalized spacial score (nSPS) is 19.0. The number of hydrogen-bond acceptors (Lipinski definition) is 6. The van der Waals surface area contributed by atoms with Crippen molar-refractivity contribution in [3.05, 3.63) is 67.7 Å². The first-order chi connectivity index (χ1) is 15.4. The van der Waals surface area contributed by atoms with E-state index in [9.17, 15) is 9.90 Å². The maximum absolute atomic E-state index is 13.2. The third-order valence-electron chi connectivity index (χ3n) is 6.22. The third-order valence-corrected chi connectivity index (χ3v) is 6.50. The van der Waals surface area contributed by atoms with E-state index >= 15 is 0 Å². The van der Waals surface area contributed by atoms with Gasteiger partial charge in [0, 0.05) is 6.42 Å². The number of benzene rings is 2. The van der Waals surface area contributed by atoms with Crippen LogP contribution in [0.1, 0.15) is 28.3 Å². The number of quaternary nitrogens is 1. The molecule has 0 amide bonds. The van der Waals surface area contributed by atoms with E-state index in [0.717, 1.165) is 34.6 Å². The van der Waals surface area contributed by atoms with E-state index < -0.39 is 11.6 Å². The van der Waals surface area contributed by atoms with Crippen molar-refractivity contribution >= 4 is 12.2 Å². The van der Waals surface area contributed by atoms with Crippen molar-refractivity contribution in [2.24, 2.45) is 0 Å². The van der Waals surface area contributed by atoms with Gasteiger partial charge in [-0.1, -0.05) is 17.7 Å². The molecule has 3 N–H and O–H groups in total. The largest absolute Gasteiger partial charge is 0.494 e. The molecule has 3 aromatic rings. The zero-order valence-corrected chi connectivity index (χ0v) is 18.8. The quantitative estimate of drug-likeness (QED) is 0.523. The Labute approximate surface area is 189 Å². The van der Waals surface area contributed by atoms with Gasteiger partial charge in [-0.05, 0) is 42.9 Å². The molecule has 2 atom stereocenters. The van der Waals surface area contributed by atoms with E-state index in [1.54, 1.807) is 7.11 Å². The number of aromatic amines is 1. The van der Waals surface area contributed by atoms with Gasteiger partial charge in [0.05, 0.1) is 32.0 Å². The SMILES string of the molecule is COc1c2c(cc3c1[C@@H](c1c(O)n(-c4ccc(C)cc4)c(=S)[nH]c1=O)[NH+](C)CC3)OCO2. The van der Waals surface area contributed by atoms with Crippen LogP contribution in [0.4, 0.5) is 0 Å². The van der Waals surface area contributed by atoms with Crippen molar-refractivity contribution in [1.29, 1.82) is 0 Å². The lowest BCUT2D eigenvalue weighted by Crippen LogP contribution is -3.10. The molecule has 2 aliphatic rings. The summed E-state index contributed by atoms with van der Waals surface area (Å²) in [4.78, 5) is 17.0. The number of hydrogen-bond donors (Lipinski definition) is 3. The van der Waals surface area contributed by atoms with E-state index in [1.165, 1.54) is 4.57 Å². The Morgan fingerprint density at radius 3 is 2.72 bits per heavy atom. The van der Waals surface area contributed by atoms with Gasteiger partial charge in [-0.2, -0.15) is 0 Å². The first-order valence-corrected chi connectivity index (χ1v) is 10.8. The van der Waals surface area contributed by atoms with Gasteiger partial charge in [0.25, 0.3) is 5.56 Å². The molecule has 32 heavy (non-hydrogen) atoms. The summed E-state index contributed by atoms with van der Waals surface area (Å²) in [7, 11) is 3.57. The molecule has 2 aromatic carbocycles. The number of ether oxygens (including phenoxy) is 3. The molecule has 0 saturated heterocycles. The predicted molar refractivity (Wildman–Crippen MR) is 120 cm³/mol. The highest BCUT2D eigenvalue weighted by atomic mass is 32.1. The number of nitrogens with one attached hydrogen (secondary N) is 2. The van der Waals surface area contributed by atoms with E-state index in [4.69, 9.17) is 26.4 Å². The van der Waals surface area contributed by atoms with Crippen molar-refractivity contribution in [1.82, 2.24) is 9.55 Å². The van der Waals surface area contributed by atoms with E-state index in [0.29, 0.717) is 22.9 Å². The van der Waals surface area contributed by atoms with Crippen LogP contribution in [0, 0.1) is 11.7 Å². The highest BCUT2D eigenvalue weighted by Crippen LogP contribution is 2.48. The summed E-state index contributed by atoms with van der Waals surface area (Å²) in [5, 5.41) is 11.4. The fraction of sp³-hybridized carbons (Fsp3) is 0.304. The second-order valence-corrected chi connectivity index (χ2v) is 8.55. The number of fused-ring (bicyclic) bond motifs is 2. The summed E-state index contributed by atoms with van der Waals surface area (Å²) in [5.74, 6) is 1.50. The minimum atomic E-state index is -0.487. The number of aryl methyl sites for hydroxylation is 1. The van der Waals surface area contributed by atoms with Crippen molar-refractivity contribution in [3.63, 3.8) is 0 Å². The highest BCUT2D eigenvalue weighted by molar-refractivity contribution is 7.71. The minimum Gasteiger partial charge on any atom is -0.494 e. The summed E-state index contributed by atoms with van der Waals surface area (Å²) >= 11 is 5.40. The highest BCUT2D eigenvalue weighted by Gasteiger charge is 2.41. The number of rotatable bonds is 3. The third kappa shape index (κ3) is 3.08. The Morgan fingerprint density at radius 1 is 1.25 bits per heavy atom. The zero-order chi connectivity index (χ0) is 22.6. The molecule has 2 aliphatic heterocycles. The molecule has 0 bridgehead atoms. The van der Waals surface area contributed by atoms with Gasteiger partial charge >= 0.3 is 0 Å². The molecule has 0 saturated carbocycles. The average molecular weight is 455 g/mol. The van der Waals surface area contributed by atoms with Gasteiger partial charge in [0.1, 0.15) is 5.56 Å². The van der Waals surface area contributed by atoms with Crippen LogP contribution < -0.4 is 24.7 Å². The number of methoxy groups -OCH3 is 1. The molecule has 9 heteroatoms. The lowest BCUT2D eigenvalue weighted by molar-refractivity contribution is -0.908. The summed E-state index contributed by atoms with van der Waals surface area (Å²) in [6.45, 7) is 2.86. The Bertz CT molecular complexity index is 1330. The van der Waals surface area contributed by atoms with Crippen LogP contribution in [-0.2, 0) is 6.42 Å². The Morgan fingerprint density at radius 2 is 2.00 bits per heavy atom. The lowest BCUT2D eigenvalue weighted by atomic mass is 9.87. The molecule has 5 rings (SSSR count). The first kappa shape index (κ1) is 20.6. The maximum atomic E-state index is 13.2. The first-order valence-electron chi connectivity index (χ1n) is 10.4. The molecule has 3 heterocycles. The Balaban J connectivity index is 1.78. The molecule has 1 unspecified atom stereocenters. The standard InChI is InChI=1S/C23H23N3O5S/c1-12-4-6-14(7-5-12)26-22(28)17(21(27)24-23(26)32)18-16-13(8-9-25(18)2)10-15-19(20(16)29-3)31-11-30-15/h4-7,10,18,28H,8-9,11H2,1-3H3,(H,24,27,32)/p+1/t18-/m0/s1. The number of aromatic hydroxyl groups is 1. The van der Waals surface area contributed by atoms with Gasteiger partial charge < -0.3 is 24.2 Å². The van der Waals surface area contributed by atoms with Crippen LogP contribution in [0.25, 0.3) is 5.69 Å². The topological polar surface area (TPSA) is 90.2 Å². The van der Waals surface area contributed by atoms with Crippen molar-refractivity contribution in [3.8, 4) is 28.8 Å². The average Bonchev–Trinajstić information content (AvgIpc) is 3.23. The summed E-state index contributed by atoms with van der Waals surface area (Å²) < 4.78 is 18.6. The van der Waals surface area contributed by atoms with Gasteiger partial charge in [-0.25, -0.2) is 0 Å². The molecule has 0 radical (unpaired) electrons. The molecule has 0 fully saturated rings. The maximum Gasteiger partial charge on any atom is 0.265 e. The van der Waals surface area contributed by atoms with Crippen molar-refractivity contribution in [2.45, 2.75) is 19.4 Å². The molecular weight excluding hydrogens is 430 g/mol. The molecule has 1 aromatic heterocycles. The van der Waals surface area contributed by atoms with Gasteiger partial charge in [-0.3, -0.25) is 14.3 Å². The van der Waals surface area contributed by atoms with Gasteiger partial charge in [0.15, 0.2) is 22.3 Å². The van der Waals surface area contributed by atoms with Crippen LogP contribution in [0.3, 0.4) is 0 Å². The number of aromatic nitrogens is 2. The van der Waals surface area contributed by atoms with E-state index in [2.05, 4.69) is 4.98 Å². The number of nitrogens with zero attached hydrogens (tertiary/aromatic N) is 1. The zero-order valence-electron chi connectivity index (χ0n) is 18.0. The summed E-state index contributed by atoms with van der Waals surface area (Å²) in [5.41, 5.74) is 3.37. The lowest BCUT2D eigenvalue weighted by Gasteiger charge is -2.33. The summed E-state index contributed by atoms with van der Waals surface area (Å²) in [6.07, 6.45) is 0.778. The second kappa shape index (κ2) is 7.68. The number of H-pyrrole nitrogens is 1. The monoisotopic (exact) mass is 454 g/mol. The number of likely N-dealkylation sites (N-methyl/N-ethyl adjacent to an activating group) is 1. The van der Waals surface area contributed by atoms with E-state index in [-0.39, 0.29) is 23.0 Å². The minimum absolute atomic E-state index is 0.117. The predicted octanol–water partition coefficient (Wildman–Crippen LogP) is 1.81. The molecule has 166 valence electrons. The van der Waals surface area contributed by atoms with Gasteiger partial charge in [-0.15, -0.1) is 0 Å². The fourth-order valence-corrected chi connectivity index (χ4v) is 4.93. The molecule has 8 nitrogen and oxygen atoms in total. The van der Waals surface area contributed by atoms with Crippen molar-refractivity contribution < 1.29 is 24.2 Å². The van der Waals surface area contributed by atoms with Crippen LogP contribution in [0.5, 0.6) is 23.1 Å². The molecular formula is C23H24N3O5S+. The molecule has 0 aliphatic carbocycles. The van der Waals surface area contributed by atoms with Gasteiger partial charge in [0.2, 0.25) is 18.4 Å². The van der Waals surface area contributed by atoms with E-state index in [1.807, 2.05) is 44.3 Å². The Hall–Kier alpha value is -3.30. The smallest absolute Gasteiger partial charge is 0.265 e. The fourth-order valence-electron chi connectivity index (χ4n) is 4.65.